The van der Waals surface area contributed by atoms with Gasteiger partial charge in [0.15, 0.2) is 0 Å². The van der Waals surface area contributed by atoms with Gasteiger partial charge in [0.1, 0.15) is 9.90 Å². The second-order valence-corrected chi connectivity index (χ2v) is 6.62. The molecular weight excluding hydrogens is 329 g/mol. The number of aromatic nitrogens is 1. The second kappa shape index (κ2) is 5.45. The Balaban J connectivity index is 2.35. The first-order valence-corrected chi connectivity index (χ1v) is 7.71. The molecule has 21 heavy (non-hydrogen) atoms. The van der Waals surface area contributed by atoms with Crippen LogP contribution in [0.1, 0.15) is 16.1 Å². The van der Waals surface area contributed by atoms with Gasteiger partial charge < -0.3 is 0 Å². The van der Waals surface area contributed by atoms with Crippen molar-refractivity contribution in [3.05, 3.63) is 47.1 Å². The Morgan fingerprint density at radius 1 is 1.24 bits per heavy atom. The number of sulfonamides is 1. The zero-order valence-corrected chi connectivity index (χ0v) is 11.7. The Kier molecular flexibility index (Phi) is 4.01. The summed E-state index contributed by atoms with van der Waals surface area (Å²) in [5, 5.41) is 1.46. The number of hydrogen-bond donors (Lipinski definition) is 1. The minimum Gasteiger partial charge on any atom is -0.266 e. The summed E-state index contributed by atoms with van der Waals surface area (Å²) in [7, 11) is -4.21. The lowest BCUT2D eigenvalue weighted by Crippen LogP contribution is -2.32. The number of carbonyl (C=O) groups is 1. The van der Waals surface area contributed by atoms with Gasteiger partial charge in [0.05, 0.1) is 5.56 Å². The lowest BCUT2D eigenvalue weighted by Gasteiger charge is -2.11. The molecule has 2 heterocycles. The first-order valence-electron chi connectivity index (χ1n) is 5.34. The van der Waals surface area contributed by atoms with Gasteiger partial charge in [-0.2, -0.15) is 13.2 Å². The Hall–Kier alpha value is -1.94. The summed E-state index contributed by atoms with van der Waals surface area (Å²) in [6.45, 7) is 0. The summed E-state index contributed by atoms with van der Waals surface area (Å²) in [6.07, 6.45) is -3.84. The van der Waals surface area contributed by atoms with Crippen molar-refractivity contribution in [3.8, 4) is 0 Å². The molecule has 0 unspecified atom stereocenters. The minimum absolute atomic E-state index is 0.180. The molecule has 0 spiro atoms. The van der Waals surface area contributed by atoms with Crippen LogP contribution in [-0.2, 0) is 16.2 Å². The van der Waals surface area contributed by atoms with Gasteiger partial charge in [0.25, 0.3) is 15.9 Å². The summed E-state index contributed by atoms with van der Waals surface area (Å²) in [5.41, 5.74) is -2.30. The SMILES string of the molecule is O=C(NS(=O)(=O)c1cccs1)c1ncccc1C(F)(F)F. The predicted octanol–water partition coefficient (Wildman–Crippen LogP) is 2.28. The van der Waals surface area contributed by atoms with Gasteiger partial charge in [-0.1, -0.05) is 6.07 Å². The monoisotopic (exact) mass is 336 g/mol. The standard InChI is InChI=1S/C11H7F3N2O3S2/c12-11(13,14)7-3-1-5-15-9(7)10(17)16-21(18,19)8-4-2-6-20-8/h1-6H,(H,16,17). The second-order valence-electron chi connectivity index (χ2n) is 3.76. The molecule has 0 saturated carbocycles. The summed E-state index contributed by atoms with van der Waals surface area (Å²) >= 11 is 0.831. The highest BCUT2D eigenvalue weighted by atomic mass is 32.2. The highest BCUT2D eigenvalue weighted by molar-refractivity contribution is 7.92. The Morgan fingerprint density at radius 3 is 2.52 bits per heavy atom. The maximum absolute atomic E-state index is 12.7. The Bertz CT molecular complexity index is 755. The maximum Gasteiger partial charge on any atom is 0.418 e. The van der Waals surface area contributed by atoms with E-state index < -0.39 is 33.4 Å². The number of pyridine rings is 1. The lowest BCUT2D eigenvalue weighted by atomic mass is 10.2. The number of thiophene rings is 1. The largest absolute Gasteiger partial charge is 0.418 e. The number of rotatable bonds is 3. The lowest BCUT2D eigenvalue weighted by molar-refractivity contribution is -0.138. The maximum atomic E-state index is 12.7. The molecule has 0 aromatic carbocycles. The molecule has 0 saturated heterocycles. The molecule has 0 atom stereocenters. The van der Waals surface area contributed by atoms with Crippen LogP contribution in [0.3, 0.4) is 0 Å². The molecule has 0 aliphatic rings. The number of nitrogens with zero attached hydrogens (tertiary/aromatic N) is 1. The molecule has 112 valence electrons. The van der Waals surface area contributed by atoms with Gasteiger partial charge in [-0.25, -0.2) is 13.1 Å². The number of amides is 1. The molecule has 0 aliphatic heterocycles. The van der Waals surface area contributed by atoms with Crippen molar-refractivity contribution in [2.45, 2.75) is 10.4 Å². The first kappa shape index (κ1) is 15.4. The van der Waals surface area contributed by atoms with Crippen molar-refractivity contribution in [3.63, 3.8) is 0 Å². The third-order valence-corrected chi connectivity index (χ3v) is 5.04. The van der Waals surface area contributed by atoms with E-state index in [4.69, 9.17) is 0 Å². The molecule has 0 aliphatic carbocycles. The van der Waals surface area contributed by atoms with E-state index in [1.54, 1.807) is 4.72 Å². The molecule has 0 fully saturated rings. The van der Waals surface area contributed by atoms with Gasteiger partial charge in [0, 0.05) is 6.20 Å². The quantitative estimate of drug-likeness (QED) is 0.933. The Labute approximate surface area is 121 Å². The van der Waals surface area contributed by atoms with E-state index >= 15 is 0 Å². The molecule has 0 radical (unpaired) electrons. The van der Waals surface area contributed by atoms with Crippen molar-refractivity contribution < 1.29 is 26.4 Å². The highest BCUT2D eigenvalue weighted by Gasteiger charge is 2.36. The molecule has 2 aromatic heterocycles. The van der Waals surface area contributed by atoms with E-state index in [-0.39, 0.29) is 4.21 Å². The van der Waals surface area contributed by atoms with Gasteiger partial charge in [-0.3, -0.25) is 9.78 Å². The van der Waals surface area contributed by atoms with Crippen LogP contribution in [0.2, 0.25) is 0 Å². The zero-order chi connectivity index (χ0) is 15.7. The topological polar surface area (TPSA) is 76.1 Å². The highest BCUT2D eigenvalue weighted by Crippen LogP contribution is 2.31. The van der Waals surface area contributed by atoms with Crippen LogP contribution >= 0.6 is 11.3 Å². The smallest absolute Gasteiger partial charge is 0.266 e. The molecular formula is C11H7F3N2O3S2. The van der Waals surface area contributed by atoms with Gasteiger partial charge in [-0.05, 0) is 23.6 Å². The van der Waals surface area contributed by atoms with Crippen LogP contribution in [-0.4, -0.2) is 19.3 Å². The molecule has 5 nitrogen and oxygen atoms in total. The van der Waals surface area contributed by atoms with E-state index in [1.165, 1.54) is 17.5 Å². The zero-order valence-electron chi connectivity index (χ0n) is 10.1. The average molecular weight is 336 g/mol. The van der Waals surface area contributed by atoms with E-state index in [2.05, 4.69) is 4.98 Å². The van der Waals surface area contributed by atoms with Crippen LogP contribution in [0.15, 0.2) is 40.1 Å². The van der Waals surface area contributed by atoms with E-state index in [1.807, 2.05) is 0 Å². The summed E-state index contributed by atoms with van der Waals surface area (Å²) in [5.74, 6) is -1.43. The number of alkyl halides is 3. The number of nitrogens with one attached hydrogen (secondary N) is 1. The summed E-state index contributed by atoms with van der Waals surface area (Å²) in [6, 6.07) is 4.32. The van der Waals surface area contributed by atoms with E-state index in [0.29, 0.717) is 6.07 Å². The van der Waals surface area contributed by atoms with Crippen molar-refractivity contribution in [2.24, 2.45) is 0 Å². The first-order chi connectivity index (χ1) is 9.72. The molecule has 10 heteroatoms. The predicted molar refractivity (Wildman–Crippen MR) is 68.2 cm³/mol. The third-order valence-electron chi connectivity index (χ3n) is 2.32. The third kappa shape index (κ3) is 3.39. The fourth-order valence-electron chi connectivity index (χ4n) is 1.45. The normalized spacial score (nSPS) is 12.1. The van der Waals surface area contributed by atoms with Crippen LogP contribution in [0.25, 0.3) is 0 Å². The summed E-state index contributed by atoms with van der Waals surface area (Å²) < 4.78 is 63.2. The molecule has 0 bridgehead atoms. The van der Waals surface area contributed by atoms with E-state index in [9.17, 15) is 26.4 Å². The minimum atomic E-state index is -4.81. The van der Waals surface area contributed by atoms with Gasteiger partial charge in [-0.15, -0.1) is 11.3 Å². The van der Waals surface area contributed by atoms with Crippen molar-refractivity contribution in [2.75, 3.05) is 0 Å². The average Bonchev–Trinajstić information content (AvgIpc) is 2.92. The number of carbonyl (C=O) groups excluding carboxylic acids is 1. The fourth-order valence-corrected chi connectivity index (χ4v) is 3.40. The van der Waals surface area contributed by atoms with E-state index in [0.717, 1.165) is 23.6 Å². The van der Waals surface area contributed by atoms with Gasteiger partial charge >= 0.3 is 6.18 Å². The molecule has 1 N–H and O–H groups in total. The van der Waals surface area contributed by atoms with Crippen molar-refractivity contribution in [1.29, 1.82) is 0 Å². The van der Waals surface area contributed by atoms with Crippen LogP contribution < -0.4 is 4.72 Å². The van der Waals surface area contributed by atoms with Crippen molar-refractivity contribution in [1.82, 2.24) is 9.71 Å². The van der Waals surface area contributed by atoms with Crippen LogP contribution in [0.4, 0.5) is 13.2 Å². The number of halogens is 3. The molecule has 2 aromatic rings. The Morgan fingerprint density at radius 2 is 1.95 bits per heavy atom. The fraction of sp³-hybridized carbons (Fsp3) is 0.0909. The van der Waals surface area contributed by atoms with Crippen LogP contribution in [0.5, 0.6) is 0 Å². The number of hydrogen-bond acceptors (Lipinski definition) is 5. The molecule has 1 amide bonds. The van der Waals surface area contributed by atoms with Crippen molar-refractivity contribution >= 4 is 27.3 Å². The van der Waals surface area contributed by atoms with Crippen LogP contribution in [0, 0.1) is 0 Å². The summed E-state index contributed by atoms with van der Waals surface area (Å²) in [4.78, 5) is 15.1. The van der Waals surface area contributed by atoms with Gasteiger partial charge in [0.2, 0.25) is 0 Å². The molecule has 2 rings (SSSR count).